The SMILES string of the molecule is CCCOC(=O)c1cccc(OC(=O)c2ccc(OC(C)CC)cc2)c1. The summed E-state index contributed by atoms with van der Waals surface area (Å²) in [6.07, 6.45) is 1.76. The van der Waals surface area contributed by atoms with Crippen molar-refractivity contribution in [2.24, 2.45) is 0 Å². The topological polar surface area (TPSA) is 61.8 Å². The van der Waals surface area contributed by atoms with Gasteiger partial charge in [-0.1, -0.05) is 19.9 Å². The van der Waals surface area contributed by atoms with Gasteiger partial charge in [-0.05, 0) is 62.2 Å². The van der Waals surface area contributed by atoms with Crippen LogP contribution < -0.4 is 9.47 Å². The van der Waals surface area contributed by atoms with E-state index in [1.807, 2.05) is 20.8 Å². The van der Waals surface area contributed by atoms with E-state index in [2.05, 4.69) is 0 Å². The zero-order valence-corrected chi connectivity index (χ0v) is 15.4. The predicted molar refractivity (Wildman–Crippen MR) is 98.8 cm³/mol. The molecule has 2 aromatic carbocycles. The second kappa shape index (κ2) is 9.61. The van der Waals surface area contributed by atoms with Crippen LogP contribution in [0, 0.1) is 0 Å². The lowest BCUT2D eigenvalue weighted by molar-refractivity contribution is 0.0503. The van der Waals surface area contributed by atoms with Gasteiger partial charge in [0.05, 0.1) is 23.8 Å². The summed E-state index contributed by atoms with van der Waals surface area (Å²) in [5, 5.41) is 0. The molecule has 26 heavy (non-hydrogen) atoms. The van der Waals surface area contributed by atoms with Crippen LogP contribution in [0.4, 0.5) is 0 Å². The summed E-state index contributed by atoms with van der Waals surface area (Å²) in [6.45, 7) is 6.31. The molecule has 2 aromatic rings. The Bertz CT molecular complexity index is 736. The quantitative estimate of drug-likeness (QED) is 0.509. The molecule has 0 aliphatic heterocycles. The highest BCUT2D eigenvalue weighted by Gasteiger charge is 2.12. The second-order valence-corrected chi connectivity index (χ2v) is 5.91. The van der Waals surface area contributed by atoms with Crippen molar-refractivity contribution in [2.75, 3.05) is 6.61 Å². The van der Waals surface area contributed by atoms with Crippen molar-refractivity contribution >= 4 is 11.9 Å². The molecular weight excluding hydrogens is 332 g/mol. The summed E-state index contributed by atoms with van der Waals surface area (Å²) < 4.78 is 16.1. The number of carbonyl (C=O) groups excluding carboxylic acids is 2. The summed E-state index contributed by atoms with van der Waals surface area (Å²) >= 11 is 0. The Hall–Kier alpha value is -2.82. The van der Waals surface area contributed by atoms with Crippen LogP contribution in [0.25, 0.3) is 0 Å². The van der Waals surface area contributed by atoms with Crippen molar-refractivity contribution in [1.29, 1.82) is 0 Å². The molecule has 0 fully saturated rings. The van der Waals surface area contributed by atoms with Gasteiger partial charge in [0.1, 0.15) is 11.5 Å². The Labute approximate surface area is 153 Å². The van der Waals surface area contributed by atoms with Crippen molar-refractivity contribution in [3.63, 3.8) is 0 Å². The van der Waals surface area contributed by atoms with Crippen LogP contribution >= 0.6 is 0 Å². The molecule has 0 amide bonds. The molecule has 0 bridgehead atoms. The fourth-order valence-corrected chi connectivity index (χ4v) is 2.12. The van der Waals surface area contributed by atoms with E-state index in [1.54, 1.807) is 42.5 Å². The van der Waals surface area contributed by atoms with Crippen molar-refractivity contribution < 1.29 is 23.8 Å². The average molecular weight is 356 g/mol. The zero-order valence-electron chi connectivity index (χ0n) is 15.4. The van der Waals surface area contributed by atoms with E-state index in [-0.39, 0.29) is 6.10 Å². The molecule has 5 nitrogen and oxygen atoms in total. The Morgan fingerprint density at radius 1 is 0.923 bits per heavy atom. The Balaban J connectivity index is 2.02. The first-order valence-corrected chi connectivity index (χ1v) is 8.79. The van der Waals surface area contributed by atoms with Crippen molar-refractivity contribution in [3.8, 4) is 11.5 Å². The standard InChI is InChI=1S/C21H24O5/c1-4-13-24-20(22)17-7-6-8-19(14-17)26-21(23)16-9-11-18(12-10-16)25-15(3)5-2/h6-12,14-15H,4-5,13H2,1-3H3. The summed E-state index contributed by atoms with van der Waals surface area (Å²) in [4.78, 5) is 24.2. The van der Waals surface area contributed by atoms with Crippen molar-refractivity contribution in [2.45, 2.75) is 39.7 Å². The van der Waals surface area contributed by atoms with Gasteiger partial charge >= 0.3 is 11.9 Å². The summed E-state index contributed by atoms with van der Waals surface area (Å²) in [5.74, 6) is 0.0629. The van der Waals surface area contributed by atoms with Crippen LogP contribution in [0.2, 0.25) is 0 Å². The minimum Gasteiger partial charge on any atom is -0.491 e. The molecule has 1 unspecified atom stereocenters. The largest absolute Gasteiger partial charge is 0.491 e. The molecule has 0 spiro atoms. The molecule has 0 N–H and O–H groups in total. The maximum Gasteiger partial charge on any atom is 0.343 e. The highest BCUT2D eigenvalue weighted by Crippen LogP contribution is 2.19. The smallest absolute Gasteiger partial charge is 0.343 e. The number of ether oxygens (including phenoxy) is 3. The van der Waals surface area contributed by atoms with Crippen LogP contribution in [0.15, 0.2) is 48.5 Å². The molecular formula is C21H24O5. The van der Waals surface area contributed by atoms with Crippen molar-refractivity contribution in [3.05, 3.63) is 59.7 Å². The van der Waals surface area contributed by atoms with Gasteiger partial charge in [-0.15, -0.1) is 0 Å². The van der Waals surface area contributed by atoms with E-state index in [1.165, 1.54) is 6.07 Å². The van der Waals surface area contributed by atoms with Gasteiger partial charge in [0, 0.05) is 0 Å². The molecule has 1 atom stereocenters. The third-order valence-corrected chi connectivity index (χ3v) is 3.72. The summed E-state index contributed by atoms with van der Waals surface area (Å²) in [6, 6.07) is 13.2. The lowest BCUT2D eigenvalue weighted by atomic mass is 10.2. The van der Waals surface area contributed by atoms with Crippen molar-refractivity contribution in [1.82, 2.24) is 0 Å². The van der Waals surface area contributed by atoms with Crippen LogP contribution in [0.3, 0.4) is 0 Å². The normalized spacial score (nSPS) is 11.5. The number of esters is 2. The highest BCUT2D eigenvalue weighted by molar-refractivity contribution is 5.92. The fourth-order valence-electron chi connectivity index (χ4n) is 2.12. The van der Waals surface area contributed by atoms with E-state index in [9.17, 15) is 9.59 Å². The van der Waals surface area contributed by atoms with Crippen LogP contribution in [0.5, 0.6) is 11.5 Å². The van der Waals surface area contributed by atoms with Gasteiger partial charge in [-0.3, -0.25) is 0 Å². The lowest BCUT2D eigenvalue weighted by Gasteiger charge is -2.12. The lowest BCUT2D eigenvalue weighted by Crippen LogP contribution is -2.11. The third-order valence-electron chi connectivity index (χ3n) is 3.72. The molecule has 0 heterocycles. The van der Waals surface area contributed by atoms with Gasteiger partial charge in [-0.2, -0.15) is 0 Å². The molecule has 0 aliphatic carbocycles. The molecule has 2 rings (SSSR count). The fraction of sp³-hybridized carbons (Fsp3) is 0.333. The molecule has 0 aliphatic rings. The molecule has 138 valence electrons. The van der Waals surface area contributed by atoms with E-state index < -0.39 is 11.9 Å². The zero-order chi connectivity index (χ0) is 18.9. The van der Waals surface area contributed by atoms with Crippen LogP contribution in [0.1, 0.15) is 54.3 Å². The first-order chi connectivity index (χ1) is 12.5. The van der Waals surface area contributed by atoms with Gasteiger partial charge < -0.3 is 14.2 Å². The summed E-state index contributed by atoms with van der Waals surface area (Å²) in [5.41, 5.74) is 0.751. The first kappa shape index (κ1) is 19.5. The van der Waals surface area contributed by atoms with E-state index in [0.29, 0.717) is 29.2 Å². The monoisotopic (exact) mass is 356 g/mol. The average Bonchev–Trinajstić information content (AvgIpc) is 2.66. The third kappa shape index (κ3) is 5.62. The Kier molecular flexibility index (Phi) is 7.21. The second-order valence-electron chi connectivity index (χ2n) is 5.91. The number of benzene rings is 2. The number of carbonyl (C=O) groups is 2. The minimum absolute atomic E-state index is 0.114. The highest BCUT2D eigenvalue weighted by atomic mass is 16.5. The molecule has 5 heteroatoms. The van der Waals surface area contributed by atoms with E-state index in [0.717, 1.165) is 12.8 Å². The van der Waals surface area contributed by atoms with E-state index >= 15 is 0 Å². The number of hydrogen-bond donors (Lipinski definition) is 0. The van der Waals surface area contributed by atoms with Gasteiger partial charge in [0.15, 0.2) is 0 Å². The number of rotatable bonds is 8. The predicted octanol–water partition coefficient (Wildman–Crippen LogP) is 4.65. The van der Waals surface area contributed by atoms with Gasteiger partial charge in [0.2, 0.25) is 0 Å². The van der Waals surface area contributed by atoms with Gasteiger partial charge in [0.25, 0.3) is 0 Å². The van der Waals surface area contributed by atoms with E-state index in [4.69, 9.17) is 14.2 Å². The molecule has 0 saturated carbocycles. The minimum atomic E-state index is -0.501. The molecule has 0 radical (unpaired) electrons. The summed E-state index contributed by atoms with van der Waals surface area (Å²) in [7, 11) is 0. The maximum absolute atomic E-state index is 12.3. The molecule has 0 saturated heterocycles. The Morgan fingerprint density at radius 2 is 1.65 bits per heavy atom. The van der Waals surface area contributed by atoms with Gasteiger partial charge in [-0.25, -0.2) is 9.59 Å². The number of hydrogen-bond acceptors (Lipinski definition) is 5. The molecule has 0 aromatic heterocycles. The maximum atomic E-state index is 12.3. The van der Waals surface area contributed by atoms with Crippen LogP contribution in [-0.2, 0) is 4.74 Å². The Morgan fingerprint density at radius 3 is 2.31 bits per heavy atom. The van der Waals surface area contributed by atoms with Crippen LogP contribution in [-0.4, -0.2) is 24.6 Å². The first-order valence-electron chi connectivity index (χ1n) is 8.79.